The van der Waals surface area contributed by atoms with Crippen molar-refractivity contribution >= 4 is 39.4 Å². The van der Waals surface area contributed by atoms with Gasteiger partial charge < -0.3 is 20.1 Å². The molecule has 1 aromatic heterocycles. The van der Waals surface area contributed by atoms with E-state index in [0.717, 1.165) is 11.3 Å². The first-order chi connectivity index (χ1) is 13.4. The number of fused-ring (bicyclic) bond motifs is 1. The van der Waals surface area contributed by atoms with E-state index in [1.165, 1.54) is 12.1 Å². The van der Waals surface area contributed by atoms with Crippen LogP contribution >= 0.6 is 11.3 Å². The van der Waals surface area contributed by atoms with Gasteiger partial charge in [0.2, 0.25) is 0 Å². The molecule has 0 spiro atoms. The van der Waals surface area contributed by atoms with E-state index >= 15 is 0 Å². The number of carbonyl (C=O) groups excluding carboxylic acids is 3. The van der Waals surface area contributed by atoms with Gasteiger partial charge in [0.15, 0.2) is 0 Å². The van der Waals surface area contributed by atoms with Gasteiger partial charge in [0.25, 0.3) is 0 Å². The third kappa shape index (κ3) is 3.99. The van der Waals surface area contributed by atoms with Crippen molar-refractivity contribution in [3.63, 3.8) is 0 Å². The molecule has 9 heteroatoms. The fourth-order valence-corrected chi connectivity index (χ4v) is 3.88. The topological polar surface area (TPSA) is 93.7 Å². The van der Waals surface area contributed by atoms with E-state index in [0.29, 0.717) is 16.5 Å². The van der Waals surface area contributed by atoms with Crippen LogP contribution < -0.4 is 10.6 Å². The van der Waals surface area contributed by atoms with Crippen LogP contribution in [-0.4, -0.2) is 37.2 Å². The van der Waals surface area contributed by atoms with Gasteiger partial charge in [-0.2, -0.15) is 0 Å². The van der Waals surface area contributed by atoms with Crippen LogP contribution in [0.1, 0.15) is 29.9 Å². The Labute approximate surface area is 164 Å². The van der Waals surface area contributed by atoms with Crippen molar-refractivity contribution in [1.82, 2.24) is 10.6 Å². The number of thiophene rings is 1. The molecule has 1 aromatic carbocycles. The van der Waals surface area contributed by atoms with Gasteiger partial charge in [0.1, 0.15) is 17.3 Å². The Morgan fingerprint density at radius 1 is 1.21 bits per heavy atom. The number of urea groups is 1. The lowest BCUT2D eigenvalue weighted by atomic mass is 10.0. The van der Waals surface area contributed by atoms with E-state index in [1.54, 1.807) is 19.1 Å². The molecule has 3 rings (SSSR count). The zero-order chi connectivity index (χ0) is 20.3. The molecule has 148 valence electrons. The van der Waals surface area contributed by atoms with E-state index in [1.807, 2.05) is 6.92 Å². The van der Waals surface area contributed by atoms with Gasteiger partial charge in [0, 0.05) is 10.1 Å². The summed E-state index contributed by atoms with van der Waals surface area (Å²) < 4.78 is 24.8. The van der Waals surface area contributed by atoms with E-state index in [4.69, 9.17) is 9.47 Å². The monoisotopic (exact) mass is 406 g/mol. The van der Waals surface area contributed by atoms with Crippen LogP contribution in [0, 0.1) is 5.82 Å². The first-order valence-corrected chi connectivity index (χ1v) is 9.59. The zero-order valence-electron chi connectivity index (χ0n) is 15.3. The van der Waals surface area contributed by atoms with Crippen molar-refractivity contribution in [2.45, 2.75) is 26.3 Å². The summed E-state index contributed by atoms with van der Waals surface area (Å²) in [7, 11) is 0. The molecule has 1 atom stereocenters. The molecule has 1 aliphatic rings. The maximum Gasteiger partial charge on any atom is 0.348 e. The largest absolute Gasteiger partial charge is 0.463 e. The Morgan fingerprint density at radius 3 is 2.68 bits per heavy atom. The number of ether oxygens (including phenoxy) is 2. The van der Waals surface area contributed by atoms with Crippen molar-refractivity contribution in [2.75, 3.05) is 13.2 Å². The van der Waals surface area contributed by atoms with E-state index in [2.05, 4.69) is 10.6 Å². The van der Waals surface area contributed by atoms with Crippen LogP contribution in [0.2, 0.25) is 0 Å². The highest BCUT2D eigenvalue weighted by atomic mass is 32.1. The molecule has 0 bridgehead atoms. The number of hydrogen-bond donors (Lipinski definition) is 2. The number of hydrogen-bond acceptors (Lipinski definition) is 6. The number of rotatable bonds is 6. The number of nitrogens with one attached hydrogen (secondary N) is 2. The average Bonchev–Trinajstić information content (AvgIpc) is 3.11. The Bertz CT molecular complexity index is 968. The molecule has 0 unspecified atom stereocenters. The van der Waals surface area contributed by atoms with Gasteiger partial charge in [0.05, 0.1) is 23.9 Å². The Hall–Kier alpha value is -2.94. The Kier molecular flexibility index (Phi) is 5.93. The first kappa shape index (κ1) is 19.8. The second-order valence-corrected chi connectivity index (χ2v) is 7.09. The van der Waals surface area contributed by atoms with Crippen molar-refractivity contribution in [3.05, 3.63) is 46.2 Å². The summed E-state index contributed by atoms with van der Waals surface area (Å²) >= 11 is 1.11. The van der Waals surface area contributed by atoms with Crippen molar-refractivity contribution in [2.24, 2.45) is 0 Å². The lowest BCUT2D eigenvalue weighted by Crippen LogP contribution is -2.51. The summed E-state index contributed by atoms with van der Waals surface area (Å²) in [5, 5.41) is 5.49. The van der Waals surface area contributed by atoms with Crippen LogP contribution in [0.15, 0.2) is 35.5 Å². The van der Waals surface area contributed by atoms with Crippen LogP contribution in [-0.2, 0) is 14.3 Å². The molecule has 2 heterocycles. The third-order valence-corrected chi connectivity index (χ3v) is 5.28. The fraction of sp³-hybridized carbons (Fsp3) is 0.316. The molecule has 7 nitrogen and oxygen atoms in total. The predicted molar refractivity (Wildman–Crippen MR) is 101 cm³/mol. The minimum Gasteiger partial charge on any atom is -0.463 e. The summed E-state index contributed by atoms with van der Waals surface area (Å²) in [4.78, 5) is 36.8. The van der Waals surface area contributed by atoms with Gasteiger partial charge in [-0.3, -0.25) is 0 Å². The van der Waals surface area contributed by atoms with Gasteiger partial charge >= 0.3 is 18.0 Å². The summed E-state index contributed by atoms with van der Waals surface area (Å²) in [5.74, 6) is -1.68. The molecule has 2 aromatic rings. The highest BCUT2D eigenvalue weighted by molar-refractivity contribution is 7.20. The molecular weight excluding hydrogens is 387 g/mol. The lowest BCUT2D eigenvalue weighted by Gasteiger charge is -2.28. The smallest absolute Gasteiger partial charge is 0.348 e. The molecule has 0 saturated carbocycles. The molecule has 2 amide bonds. The van der Waals surface area contributed by atoms with E-state index in [9.17, 15) is 18.8 Å². The minimum atomic E-state index is -0.669. The first-order valence-electron chi connectivity index (χ1n) is 8.77. The summed E-state index contributed by atoms with van der Waals surface area (Å²) in [6, 6.07) is 4.98. The van der Waals surface area contributed by atoms with Crippen LogP contribution in [0.5, 0.6) is 0 Å². The molecule has 28 heavy (non-hydrogen) atoms. The van der Waals surface area contributed by atoms with Gasteiger partial charge in [-0.1, -0.05) is 13.0 Å². The van der Waals surface area contributed by atoms with Crippen LogP contribution in [0.25, 0.3) is 10.1 Å². The molecule has 1 aliphatic heterocycles. The summed E-state index contributed by atoms with van der Waals surface area (Å²) in [6.45, 7) is 3.35. The normalized spacial score (nSPS) is 16.5. The maximum atomic E-state index is 13.8. The number of halogens is 1. The Morgan fingerprint density at radius 2 is 2.00 bits per heavy atom. The maximum absolute atomic E-state index is 13.8. The molecule has 2 N–H and O–H groups in total. The van der Waals surface area contributed by atoms with Crippen LogP contribution in [0.3, 0.4) is 0 Å². The number of carbonyl (C=O) groups is 3. The highest BCUT2D eigenvalue weighted by Crippen LogP contribution is 2.28. The molecular formula is C19H19FN2O5S. The fourth-order valence-electron chi connectivity index (χ4n) is 2.91. The third-order valence-electron chi connectivity index (χ3n) is 4.20. The standard InChI is InChI=1S/C19H19FN2O5S/c1-3-12-16(18(24)26-4-2)13(22-19(25)21-12)9-27-17(23)15-8-10-11(20)6-5-7-14(10)28-15/h5-8,12H,3-4,9H2,1-2H3,(H2,21,22,25)/t12-/m1/s1. The Balaban J connectivity index is 1.82. The molecule has 0 aliphatic carbocycles. The molecule has 0 saturated heterocycles. The summed E-state index contributed by atoms with van der Waals surface area (Å²) in [6.07, 6.45) is 0.467. The second kappa shape index (κ2) is 8.39. The quantitative estimate of drug-likeness (QED) is 0.719. The number of amides is 2. The van der Waals surface area contributed by atoms with Gasteiger partial charge in [-0.25, -0.2) is 18.8 Å². The second-order valence-electron chi connectivity index (χ2n) is 6.01. The minimum absolute atomic E-state index is 0.174. The van der Waals surface area contributed by atoms with Crippen molar-refractivity contribution in [3.8, 4) is 0 Å². The van der Waals surface area contributed by atoms with Crippen molar-refractivity contribution in [1.29, 1.82) is 0 Å². The van der Waals surface area contributed by atoms with Gasteiger partial charge in [-0.05, 0) is 31.5 Å². The van der Waals surface area contributed by atoms with Crippen LogP contribution in [0.4, 0.5) is 9.18 Å². The predicted octanol–water partition coefficient (Wildman–Crippen LogP) is 3.11. The lowest BCUT2D eigenvalue weighted by molar-refractivity contribution is -0.139. The molecule has 0 radical (unpaired) electrons. The average molecular weight is 406 g/mol. The SMILES string of the molecule is CCOC(=O)C1=C(COC(=O)c2cc3c(F)cccc3s2)NC(=O)N[C@@H]1CC. The number of esters is 2. The van der Waals surface area contributed by atoms with Crippen molar-refractivity contribution < 1.29 is 28.2 Å². The molecule has 0 fully saturated rings. The van der Waals surface area contributed by atoms with E-state index in [-0.39, 0.29) is 29.4 Å². The zero-order valence-corrected chi connectivity index (χ0v) is 16.2. The number of benzene rings is 1. The van der Waals surface area contributed by atoms with E-state index < -0.39 is 29.8 Å². The summed E-state index contributed by atoms with van der Waals surface area (Å²) in [5.41, 5.74) is 0.397. The van der Waals surface area contributed by atoms with Gasteiger partial charge in [-0.15, -0.1) is 11.3 Å². The highest BCUT2D eigenvalue weighted by Gasteiger charge is 2.32.